The van der Waals surface area contributed by atoms with Gasteiger partial charge in [0.2, 0.25) is 0 Å². The molecule has 0 amide bonds. The van der Waals surface area contributed by atoms with Gasteiger partial charge < -0.3 is 9.30 Å². The number of para-hydroxylation sites is 1. The van der Waals surface area contributed by atoms with Gasteiger partial charge in [-0.15, -0.1) is 0 Å². The molecule has 0 fully saturated rings. The summed E-state index contributed by atoms with van der Waals surface area (Å²) >= 11 is 3.42. The first-order valence-corrected chi connectivity index (χ1v) is 9.29. The first-order valence-electron chi connectivity index (χ1n) is 7.12. The Kier molecular flexibility index (Phi) is 3.88. The molecule has 0 saturated heterocycles. The van der Waals surface area contributed by atoms with Gasteiger partial charge in [0.1, 0.15) is 16.9 Å². The van der Waals surface area contributed by atoms with Crippen LogP contribution < -0.4 is 4.74 Å². The lowest BCUT2D eigenvalue weighted by molar-refractivity contribution is -0.0505. The van der Waals surface area contributed by atoms with Crippen molar-refractivity contribution in [2.45, 2.75) is 17.7 Å². The van der Waals surface area contributed by atoms with Crippen LogP contribution in [0, 0.1) is 0 Å². The van der Waals surface area contributed by atoms with E-state index in [1.54, 1.807) is 18.2 Å². The van der Waals surface area contributed by atoms with E-state index >= 15 is 0 Å². The number of hydrogen-bond acceptors (Lipinski definition) is 3. The molecule has 0 N–H and O–H groups in total. The summed E-state index contributed by atoms with van der Waals surface area (Å²) in [5.41, 5.74) is 2.05. The van der Waals surface area contributed by atoms with E-state index in [9.17, 15) is 13.0 Å². The van der Waals surface area contributed by atoms with Gasteiger partial charge in [0.25, 0.3) is 0 Å². The van der Waals surface area contributed by atoms with Gasteiger partial charge in [0.05, 0.1) is 27.6 Å². The minimum Gasteiger partial charge on any atom is -0.434 e. The topological polar surface area (TPSA) is 44.1 Å². The molecular weight excluding hydrogens is 402 g/mol. The van der Waals surface area contributed by atoms with Crippen molar-refractivity contribution in [3.8, 4) is 5.75 Å². The van der Waals surface area contributed by atoms with Crippen LogP contribution in [0.5, 0.6) is 5.75 Å². The van der Waals surface area contributed by atoms with E-state index in [0.29, 0.717) is 11.4 Å². The lowest BCUT2D eigenvalue weighted by atomic mass is 10.2. The van der Waals surface area contributed by atoms with Gasteiger partial charge in [-0.25, -0.2) is 4.98 Å². The summed E-state index contributed by atoms with van der Waals surface area (Å²) in [5, 5.41) is -0.603. The zero-order valence-corrected chi connectivity index (χ0v) is 14.6. The molecular formula is C16H11BrF2N2O2S. The number of alkyl halides is 2. The second-order valence-electron chi connectivity index (χ2n) is 5.32. The van der Waals surface area contributed by atoms with E-state index in [1.165, 1.54) is 6.07 Å². The van der Waals surface area contributed by atoms with Crippen LogP contribution in [0.15, 0.2) is 46.9 Å². The Morgan fingerprint density at radius 2 is 2.08 bits per heavy atom. The molecule has 0 radical (unpaired) electrons. The van der Waals surface area contributed by atoms with E-state index in [1.807, 2.05) is 22.8 Å². The number of imidazole rings is 1. The molecule has 124 valence electrons. The van der Waals surface area contributed by atoms with Crippen molar-refractivity contribution in [1.29, 1.82) is 0 Å². The zero-order chi connectivity index (χ0) is 16.8. The maximum atomic E-state index is 12.7. The molecule has 8 heteroatoms. The summed E-state index contributed by atoms with van der Waals surface area (Å²) in [7, 11) is -1.30. The summed E-state index contributed by atoms with van der Waals surface area (Å²) in [5.74, 6) is 0.994. The molecule has 4 nitrogen and oxygen atoms in total. The highest BCUT2D eigenvalue weighted by molar-refractivity contribution is 9.10. The van der Waals surface area contributed by atoms with E-state index in [0.717, 1.165) is 15.5 Å². The zero-order valence-electron chi connectivity index (χ0n) is 12.2. The maximum Gasteiger partial charge on any atom is 0.387 e. The minimum absolute atomic E-state index is 0.0375. The Hall–Kier alpha value is -1.80. The number of ether oxygens (including phenoxy) is 1. The number of nitrogens with zero attached hydrogens (tertiary/aromatic N) is 2. The number of fused-ring (bicyclic) bond motifs is 3. The molecule has 0 bridgehead atoms. The van der Waals surface area contributed by atoms with Crippen LogP contribution >= 0.6 is 15.9 Å². The summed E-state index contributed by atoms with van der Waals surface area (Å²) in [4.78, 5) is 4.51. The second kappa shape index (κ2) is 5.93. The van der Waals surface area contributed by atoms with Crippen molar-refractivity contribution in [3.05, 3.63) is 58.3 Å². The molecule has 4 rings (SSSR count). The predicted octanol–water partition coefficient (Wildman–Crippen LogP) is 4.21. The summed E-state index contributed by atoms with van der Waals surface area (Å²) in [6, 6.07) is 12.1. The van der Waals surface area contributed by atoms with Crippen LogP contribution in [0.25, 0.3) is 11.0 Å². The van der Waals surface area contributed by atoms with Gasteiger partial charge in [-0.05, 0) is 24.3 Å². The molecule has 2 aromatic carbocycles. The van der Waals surface area contributed by atoms with Gasteiger partial charge in [0.15, 0.2) is 0 Å². The Morgan fingerprint density at radius 3 is 2.88 bits per heavy atom. The van der Waals surface area contributed by atoms with Crippen LogP contribution in [0.2, 0.25) is 0 Å². The van der Waals surface area contributed by atoms with Crippen molar-refractivity contribution in [1.82, 2.24) is 9.55 Å². The molecule has 1 unspecified atom stereocenters. The van der Waals surface area contributed by atoms with Crippen molar-refractivity contribution >= 4 is 37.8 Å². The lowest BCUT2D eigenvalue weighted by Crippen LogP contribution is -2.13. The van der Waals surface area contributed by atoms with E-state index in [2.05, 4.69) is 25.7 Å². The highest BCUT2D eigenvalue weighted by atomic mass is 79.9. The van der Waals surface area contributed by atoms with E-state index in [-0.39, 0.29) is 11.5 Å². The third-order valence-corrected chi connectivity index (χ3v) is 5.88. The average molecular weight is 413 g/mol. The first kappa shape index (κ1) is 15.7. The Labute approximate surface area is 147 Å². The largest absolute Gasteiger partial charge is 0.434 e. The van der Waals surface area contributed by atoms with Gasteiger partial charge in [-0.2, -0.15) is 8.78 Å². The Morgan fingerprint density at radius 1 is 1.29 bits per heavy atom. The summed E-state index contributed by atoms with van der Waals surface area (Å²) in [6.45, 7) is -2.94. The third kappa shape index (κ3) is 2.53. The van der Waals surface area contributed by atoms with Crippen LogP contribution in [0.4, 0.5) is 8.78 Å². The molecule has 1 aromatic heterocycles. The standard InChI is InChI=1S/C16H11BrF2N2O2S/c17-9-5-6-11-12(7-9)21-14(20-11)8-24(22)15(21)10-3-1-2-4-13(10)23-16(18)19/h1-7,15-16H,8H2/t15-,24?/m1/s1. The summed E-state index contributed by atoms with van der Waals surface area (Å²) in [6.07, 6.45) is 0. The molecule has 0 saturated carbocycles. The SMILES string of the molecule is O=S1Cc2nc3ccc(Br)cc3n2[C@H]1c1ccccc1OC(F)F. The molecule has 2 heterocycles. The first-order chi connectivity index (χ1) is 11.5. The quantitative estimate of drug-likeness (QED) is 0.646. The fourth-order valence-electron chi connectivity index (χ4n) is 2.97. The fourth-order valence-corrected chi connectivity index (χ4v) is 4.89. The minimum atomic E-state index is -2.94. The van der Waals surface area contributed by atoms with Crippen molar-refractivity contribution in [2.75, 3.05) is 0 Å². The Bertz CT molecular complexity index is 960. The molecule has 0 spiro atoms. The van der Waals surface area contributed by atoms with Gasteiger partial charge in [-0.3, -0.25) is 4.21 Å². The molecule has 1 aliphatic heterocycles. The van der Waals surface area contributed by atoms with Crippen LogP contribution in [0.3, 0.4) is 0 Å². The fraction of sp³-hybridized carbons (Fsp3) is 0.188. The second-order valence-corrected chi connectivity index (χ2v) is 7.74. The van der Waals surface area contributed by atoms with E-state index in [4.69, 9.17) is 0 Å². The van der Waals surface area contributed by atoms with Crippen LogP contribution in [-0.4, -0.2) is 20.4 Å². The number of halogens is 3. The molecule has 3 aromatic rings. The normalized spacial score (nSPS) is 19.8. The predicted molar refractivity (Wildman–Crippen MR) is 90.5 cm³/mol. The van der Waals surface area contributed by atoms with Gasteiger partial charge >= 0.3 is 6.61 Å². The maximum absolute atomic E-state index is 12.7. The molecule has 24 heavy (non-hydrogen) atoms. The lowest BCUT2D eigenvalue weighted by Gasteiger charge is -2.18. The van der Waals surface area contributed by atoms with E-state index < -0.39 is 22.8 Å². The van der Waals surface area contributed by atoms with Gasteiger partial charge in [-0.1, -0.05) is 34.1 Å². The van der Waals surface area contributed by atoms with Crippen molar-refractivity contribution in [2.24, 2.45) is 0 Å². The monoisotopic (exact) mass is 412 g/mol. The number of rotatable bonds is 3. The van der Waals surface area contributed by atoms with Crippen molar-refractivity contribution in [3.63, 3.8) is 0 Å². The number of benzene rings is 2. The number of aromatic nitrogens is 2. The summed E-state index contributed by atoms with van der Waals surface area (Å²) < 4.78 is 45.4. The third-order valence-electron chi connectivity index (χ3n) is 3.88. The molecule has 2 atom stereocenters. The average Bonchev–Trinajstić information content (AvgIpc) is 3.02. The molecule has 0 aliphatic carbocycles. The molecule has 1 aliphatic rings. The van der Waals surface area contributed by atoms with Gasteiger partial charge in [0, 0.05) is 10.0 Å². The highest BCUT2D eigenvalue weighted by Crippen LogP contribution is 2.40. The van der Waals surface area contributed by atoms with Crippen LogP contribution in [-0.2, 0) is 16.6 Å². The van der Waals surface area contributed by atoms with Crippen LogP contribution in [0.1, 0.15) is 16.8 Å². The number of hydrogen-bond donors (Lipinski definition) is 0. The Balaban J connectivity index is 1.91. The van der Waals surface area contributed by atoms with Crippen molar-refractivity contribution < 1.29 is 17.7 Å². The highest BCUT2D eigenvalue weighted by Gasteiger charge is 2.35. The smallest absolute Gasteiger partial charge is 0.387 e.